The van der Waals surface area contributed by atoms with Gasteiger partial charge in [0.05, 0.1) is 0 Å². The molecule has 0 aromatic carbocycles. The molecule has 0 saturated heterocycles. The number of nitrogens with two attached hydrogens (primary N) is 1. The van der Waals surface area contributed by atoms with Crippen molar-refractivity contribution in [3.05, 3.63) is 0 Å². The van der Waals surface area contributed by atoms with Gasteiger partial charge in [-0.3, -0.25) is 0 Å². The highest BCUT2D eigenvalue weighted by Gasteiger charge is 1.95. The summed E-state index contributed by atoms with van der Waals surface area (Å²) in [5.74, 6) is 0.870. The van der Waals surface area contributed by atoms with Gasteiger partial charge in [-0.05, 0) is 38.8 Å². The summed E-state index contributed by atoms with van der Waals surface area (Å²) in [6, 6.07) is 0.337. The molecule has 0 bridgehead atoms. The van der Waals surface area contributed by atoms with Crippen LogP contribution >= 0.6 is 0 Å². The molecule has 0 amide bonds. The first-order valence-electron chi connectivity index (χ1n) is 6.59. The van der Waals surface area contributed by atoms with Crippen molar-refractivity contribution in [2.75, 3.05) is 13.1 Å². The second-order valence-electron chi connectivity index (χ2n) is 5.11. The predicted octanol–water partition coefficient (Wildman–Crippen LogP) is 2.92. The molecule has 92 valence electrons. The van der Waals surface area contributed by atoms with Gasteiger partial charge in [0.15, 0.2) is 0 Å². The third-order valence-electron chi connectivity index (χ3n) is 2.66. The minimum atomic E-state index is 0.337. The Morgan fingerprint density at radius 2 is 1.53 bits per heavy atom. The molecule has 0 aromatic rings. The predicted molar refractivity (Wildman–Crippen MR) is 69.1 cm³/mol. The van der Waals surface area contributed by atoms with Crippen LogP contribution in [0.3, 0.4) is 0 Å². The highest BCUT2D eigenvalue weighted by Crippen LogP contribution is 2.08. The fraction of sp³-hybridized carbons (Fsp3) is 1.00. The summed E-state index contributed by atoms with van der Waals surface area (Å²) in [5, 5.41) is 3.44. The molecule has 15 heavy (non-hydrogen) atoms. The van der Waals surface area contributed by atoms with Crippen molar-refractivity contribution in [3.8, 4) is 0 Å². The Bertz CT molecular complexity index is 108. The van der Waals surface area contributed by atoms with Crippen LogP contribution in [0.25, 0.3) is 0 Å². The zero-order chi connectivity index (χ0) is 11.5. The van der Waals surface area contributed by atoms with Gasteiger partial charge in [-0.1, -0.05) is 39.5 Å². The Morgan fingerprint density at radius 1 is 0.867 bits per heavy atom. The second-order valence-corrected chi connectivity index (χ2v) is 5.11. The summed E-state index contributed by atoms with van der Waals surface area (Å²) in [6.07, 6.45) is 7.96. The van der Waals surface area contributed by atoms with Gasteiger partial charge in [-0.25, -0.2) is 0 Å². The van der Waals surface area contributed by atoms with Gasteiger partial charge in [-0.2, -0.15) is 0 Å². The zero-order valence-electron chi connectivity index (χ0n) is 10.9. The summed E-state index contributed by atoms with van der Waals surface area (Å²) in [6.45, 7) is 8.90. The van der Waals surface area contributed by atoms with E-state index in [1.54, 1.807) is 0 Å². The monoisotopic (exact) mass is 214 g/mol. The van der Waals surface area contributed by atoms with Crippen LogP contribution in [0.15, 0.2) is 0 Å². The van der Waals surface area contributed by atoms with Crippen molar-refractivity contribution in [2.24, 2.45) is 11.7 Å². The molecule has 0 fully saturated rings. The Kier molecular flexibility index (Phi) is 10.4. The Labute approximate surface area is 96.0 Å². The van der Waals surface area contributed by atoms with Gasteiger partial charge in [-0.15, -0.1) is 0 Å². The van der Waals surface area contributed by atoms with E-state index in [4.69, 9.17) is 5.73 Å². The quantitative estimate of drug-likeness (QED) is 0.549. The van der Waals surface area contributed by atoms with Gasteiger partial charge in [0, 0.05) is 6.04 Å². The van der Waals surface area contributed by atoms with Crippen LogP contribution in [0, 0.1) is 5.92 Å². The van der Waals surface area contributed by atoms with Crippen molar-refractivity contribution in [1.82, 2.24) is 5.32 Å². The summed E-state index contributed by atoms with van der Waals surface area (Å²) < 4.78 is 0. The molecule has 2 heteroatoms. The maximum atomic E-state index is 5.66. The highest BCUT2D eigenvalue weighted by molar-refractivity contribution is 4.56. The molecule has 1 atom stereocenters. The van der Waals surface area contributed by atoms with E-state index in [0.717, 1.165) is 25.4 Å². The minimum Gasteiger partial charge on any atom is -0.328 e. The van der Waals surface area contributed by atoms with Crippen LogP contribution in [0.1, 0.15) is 59.3 Å². The lowest BCUT2D eigenvalue weighted by Gasteiger charge is -2.07. The van der Waals surface area contributed by atoms with Crippen molar-refractivity contribution >= 4 is 0 Å². The Balaban J connectivity index is 2.93. The standard InChI is InChI=1S/C13H30N2/c1-12(2)8-6-4-5-7-10-15-11-9-13(3)14/h12-13,15H,4-11,14H2,1-3H3. The third kappa shape index (κ3) is 13.9. The average Bonchev–Trinajstić information content (AvgIpc) is 2.14. The highest BCUT2D eigenvalue weighted by atomic mass is 14.8. The summed E-state index contributed by atoms with van der Waals surface area (Å²) in [5.41, 5.74) is 5.66. The van der Waals surface area contributed by atoms with E-state index in [0.29, 0.717) is 6.04 Å². The first-order valence-corrected chi connectivity index (χ1v) is 6.59. The fourth-order valence-electron chi connectivity index (χ4n) is 1.61. The van der Waals surface area contributed by atoms with Crippen molar-refractivity contribution in [1.29, 1.82) is 0 Å². The lowest BCUT2D eigenvalue weighted by molar-refractivity contribution is 0.508. The normalized spacial score (nSPS) is 13.4. The molecular weight excluding hydrogens is 184 g/mol. The number of hydrogen-bond donors (Lipinski definition) is 2. The number of hydrogen-bond acceptors (Lipinski definition) is 2. The van der Waals surface area contributed by atoms with Crippen LogP contribution in [-0.2, 0) is 0 Å². The maximum absolute atomic E-state index is 5.66. The molecular formula is C13H30N2. The molecule has 0 saturated carbocycles. The molecule has 0 spiro atoms. The molecule has 0 aliphatic carbocycles. The summed E-state index contributed by atoms with van der Waals surface area (Å²) in [4.78, 5) is 0. The first kappa shape index (κ1) is 14.9. The molecule has 0 aliphatic heterocycles. The SMILES string of the molecule is CC(C)CCCCCCNCCC(C)N. The van der Waals surface area contributed by atoms with Gasteiger partial charge in [0.2, 0.25) is 0 Å². The Morgan fingerprint density at radius 3 is 2.13 bits per heavy atom. The number of nitrogens with one attached hydrogen (secondary N) is 1. The van der Waals surface area contributed by atoms with Crippen LogP contribution in [0.5, 0.6) is 0 Å². The van der Waals surface area contributed by atoms with E-state index in [9.17, 15) is 0 Å². The lowest BCUT2D eigenvalue weighted by atomic mass is 10.0. The van der Waals surface area contributed by atoms with E-state index in [1.807, 2.05) is 0 Å². The molecule has 3 N–H and O–H groups in total. The number of rotatable bonds is 10. The van der Waals surface area contributed by atoms with E-state index >= 15 is 0 Å². The average molecular weight is 214 g/mol. The first-order chi connectivity index (χ1) is 7.13. The molecule has 0 aromatic heterocycles. The topological polar surface area (TPSA) is 38.0 Å². The van der Waals surface area contributed by atoms with Gasteiger partial charge >= 0.3 is 0 Å². The fourth-order valence-corrected chi connectivity index (χ4v) is 1.61. The van der Waals surface area contributed by atoms with E-state index in [-0.39, 0.29) is 0 Å². The van der Waals surface area contributed by atoms with Crippen molar-refractivity contribution in [2.45, 2.75) is 65.3 Å². The smallest absolute Gasteiger partial charge is 0.00225 e. The largest absolute Gasteiger partial charge is 0.328 e. The molecule has 0 rings (SSSR count). The molecule has 0 heterocycles. The second kappa shape index (κ2) is 10.4. The Hall–Kier alpha value is -0.0800. The van der Waals surface area contributed by atoms with Crippen LogP contribution < -0.4 is 11.1 Å². The van der Waals surface area contributed by atoms with Crippen molar-refractivity contribution in [3.63, 3.8) is 0 Å². The van der Waals surface area contributed by atoms with Crippen LogP contribution in [-0.4, -0.2) is 19.1 Å². The van der Waals surface area contributed by atoms with E-state index in [2.05, 4.69) is 26.1 Å². The maximum Gasteiger partial charge on any atom is 0.00225 e. The van der Waals surface area contributed by atoms with Gasteiger partial charge in [0.25, 0.3) is 0 Å². The van der Waals surface area contributed by atoms with Crippen LogP contribution in [0.2, 0.25) is 0 Å². The van der Waals surface area contributed by atoms with Gasteiger partial charge < -0.3 is 11.1 Å². The van der Waals surface area contributed by atoms with Gasteiger partial charge in [0.1, 0.15) is 0 Å². The third-order valence-corrected chi connectivity index (χ3v) is 2.66. The van der Waals surface area contributed by atoms with E-state index < -0.39 is 0 Å². The van der Waals surface area contributed by atoms with Crippen LogP contribution in [0.4, 0.5) is 0 Å². The molecule has 2 nitrogen and oxygen atoms in total. The summed E-state index contributed by atoms with van der Waals surface area (Å²) in [7, 11) is 0. The number of unbranched alkanes of at least 4 members (excludes halogenated alkanes) is 3. The molecule has 1 unspecified atom stereocenters. The minimum absolute atomic E-state index is 0.337. The molecule has 0 radical (unpaired) electrons. The zero-order valence-corrected chi connectivity index (χ0v) is 10.9. The summed E-state index contributed by atoms with van der Waals surface area (Å²) >= 11 is 0. The molecule has 0 aliphatic rings. The van der Waals surface area contributed by atoms with Crippen molar-refractivity contribution < 1.29 is 0 Å². The van der Waals surface area contributed by atoms with E-state index in [1.165, 1.54) is 32.1 Å². The lowest BCUT2D eigenvalue weighted by Crippen LogP contribution is -2.24.